The summed E-state index contributed by atoms with van der Waals surface area (Å²) >= 11 is 5.70. The molecule has 1 aromatic heterocycles. The number of aliphatic hydroxyl groups is 1. The molecule has 84 valence electrons. The van der Waals surface area contributed by atoms with Gasteiger partial charge in [-0.05, 0) is 32.4 Å². The van der Waals surface area contributed by atoms with Crippen LogP contribution >= 0.6 is 11.6 Å². The van der Waals surface area contributed by atoms with E-state index in [4.69, 9.17) is 17.3 Å². The monoisotopic (exact) mass is 229 g/mol. The second kappa shape index (κ2) is 4.24. The number of allylic oxidation sites excluding steroid dienone is 1. The number of nitrogens with two attached hydrogens (primary N) is 1. The lowest BCUT2D eigenvalue weighted by atomic mass is 10.2. The van der Waals surface area contributed by atoms with Crippen LogP contribution in [0.25, 0.3) is 5.70 Å². The van der Waals surface area contributed by atoms with Gasteiger partial charge in [-0.1, -0.05) is 0 Å². The highest BCUT2D eigenvalue weighted by molar-refractivity contribution is 6.19. The Morgan fingerprint density at radius 1 is 1.67 bits per heavy atom. The van der Waals surface area contributed by atoms with Crippen molar-refractivity contribution < 1.29 is 5.11 Å². The zero-order valence-electron chi connectivity index (χ0n) is 9.16. The smallest absolute Gasteiger partial charge is 0.152 e. The molecule has 0 unspecified atom stereocenters. The van der Waals surface area contributed by atoms with Crippen LogP contribution in [-0.4, -0.2) is 20.8 Å². The molecule has 0 aromatic carbocycles. The lowest BCUT2D eigenvalue weighted by Gasteiger charge is -2.21. The van der Waals surface area contributed by atoms with Gasteiger partial charge in [-0.2, -0.15) is 5.10 Å². The molecule has 4 nitrogen and oxygen atoms in total. The summed E-state index contributed by atoms with van der Waals surface area (Å²) in [5.41, 5.74) is 6.95. The van der Waals surface area contributed by atoms with Crippen molar-refractivity contribution >= 4 is 17.3 Å². The highest BCUT2D eigenvalue weighted by Gasteiger charge is 2.20. The van der Waals surface area contributed by atoms with E-state index in [2.05, 4.69) is 5.10 Å². The molecule has 15 heavy (non-hydrogen) atoms. The number of aromatic nitrogens is 2. The first kappa shape index (κ1) is 12.1. The van der Waals surface area contributed by atoms with E-state index in [1.165, 1.54) is 4.68 Å². The van der Waals surface area contributed by atoms with Crippen molar-refractivity contribution in [3.05, 3.63) is 23.5 Å². The minimum atomic E-state index is -1.07. The fraction of sp³-hybridized carbons (Fsp3) is 0.500. The Morgan fingerprint density at radius 2 is 2.27 bits per heavy atom. The zero-order valence-corrected chi connectivity index (χ0v) is 9.91. The average Bonchev–Trinajstić information content (AvgIpc) is 2.63. The van der Waals surface area contributed by atoms with E-state index in [9.17, 15) is 5.11 Å². The molecule has 5 heteroatoms. The summed E-state index contributed by atoms with van der Waals surface area (Å²) in [6, 6.07) is 1.75. The zero-order chi connectivity index (χ0) is 11.6. The van der Waals surface area contributed by atoms with Gasteiger partial charge in [0.25, 0.3) is 0 Å². The van der Waals surface area contributed by atoms with Gasteiger partial charge in [0.2, 0.25) is 0 Å². The quantitative estimate of drug-likeness (QED) is 0.772. The molecule has 0 aliphatic rings. The molecule has 0 aliphatic carbocycles. The fourth-order valence-electron chi connectivity index (χ4n) is 1.23. The molecule has 0 atom stereocenters. The molecule has 0 aliphatic heterocycles. The molecule has 0 saturated carbocycles. The summed E-state index contributed by atoms with van der Waals surface area (Å²) in [5, 5.41) is 13.9. The normalized spacial score (nSPS) is 13.9. The van der Waals surface area contributed by atoms with Gasteiger partial charge in [0.15, 0.2) is 5.72 Å². The van der Waals surface area contributed by atoms with E-state index in [1.807, 2.05) is 6.92 Å². The fourth-order valence-corrected chi connectivity index (χ4v) is 1.38. The van der Waals surface area contributed by atoms with Crippen LogP contribution in [0.5, 0.6) is 0 Å². The predicted octanol–water partition coefficient (Wildman–Crippen LogP) is 1.50. The van der Waals surface area contributed by atoms with Crippen molar-refractivity contribution in [3.63, 3.8) is 0 Å². The van der Waals surface area contributed by atoms with Crippen molar-refractivity contribution in [2.45, 2.75) is 26.5 Å². The molecule has 0 bridgehead atoms. The van der Waals surface area contributed by atoms with Crippen molar-refractivity contribution in [1.29, 1.82) is 0 Å². The SMILES string of the molecule is C/C(CCl)=C(\N)c1ccnn1C(C)(C)O. The minimum Gasteiger partial charge on any atom is -0.397 e. The molecule has 0 spiro atoms. The largest absolute Gasteiger partial charge is 0.397 e. The van der Waals surface area contributed by atoms with Crippen LogP contribution in [0.4, 0.5) is 0 Å². The number of hydrogen-bond acceptors (Lipinski definition) is 3. The van der Waals surface area contributed by atoms with Crippen LogP contribution in [0.1, 0.15) is 26.5 Å². The van der Waals surface area contributed by atoms with E-state index in [0.29, 0.717) is 17.3 Å². The van der Waals surface area contributed by atoms with Crippen LogP contribution in [0, 0.1) is 0 Å². The Hall–Kier alpha value is -1.00. The molecule has 0 amide bonds. The van der Waals surface area contributed by atoms with Gasteiger partial charge in [0, 0.05) is 12.1 Å². The molecular weight excluding hydrogens is 214 g/mol. The number of halogens is 1. The highest BCUT2D eigenvalue weighted by atomic mass is 35.5. The Bertz CT molecular complexity index is 376. The van der Waals surface area contributed by atoms with Crippen LogP contribution in [-0.2, 0) is 5.72 Å². The van der Waals surface area contributed by atoms with E-state index in [-0.39, 0.29) is 0 Å². The van der Waals surface area contributed by atoms with Crippen molar-refractivity contribution in [3.8, 4) is 0 Å². The van der Waals surface area contributed by atoms with Crippen LogP contribution in [0.2, 0.25) is 0 Å². The number of rotatable bonds is 3. The third kappa shape index (κ3) is 2.52. The second-order valence-electron chi connectivity index (χ2n) is 3.95. The third-order valence-corrected chi connectivity index (χ3v) is 2.50. The first-order chi connectivity index (χ1) is 6.88. The van der Waals surface area contributed by atoms with E-state index in [1.54, 1.807) is 26.1 Å². The molecule has 1 heterocycles. The van der Waals surface area contributed by atoms with E-state index >= 15 is 0 Å². The molecule has 1 aromatic rings. The molecule has 0 saturated heterocycles. The third-order valence-electron chi connectivity index (χ3n) is 2.10. The second-order valence-corrected chi connectivity index (χ2v) is 4.22. The molecule has 1 rings (SSSR count). The van der Waals surface area contributed by atoms with E-state index < -0.39 is 5.72 Å². The Labute approximate surface area is 94.3 Å². The molecular formula is C10H16ClN3O. The maximum absolute atomic E-state index is 9.85. The number of nitrogens with zero attached hydrogens (tertiary/aromatic N) is 2. The minimum absolute atomic E-state index is 0.364. The Morgan fingerprint density at radius 3 is 2.73 bits per heavy atom. The van der Waals surface area contributed by atoms with Gasteiger partial charge in [-0.25, -0.2) is 4.68 Å². The van der Waals surface area contributed by atoms with Crippen molar-refractivity contribution in [2.75, 3.05) is 5.88 Å². The van der Waals surface area contributed by atoms with Crippen LogP contribution in [0.3, 0.4) is 0 Å². The topological polar surface area (TPSA) is 64.1 Å². The maximum atomic E-state index is 9.85. The Kier molecular flexibility index (Phi) is 3.42. The summed E-state index contributed by atoms with van der Waals surface area (Å²) in [5.74, 6) is 0.364. The van der Waals surface area contributed by atoms with Crippen molar-refractivity contribution in [1.82, 2.24) is 9.78 Å². The van der Waals surface area contributed by atoms with Crippen molar-refractivity contribution in [2.24, 2.45) is 5.73 Å². The maximum Gasteiger partial charge on any atom is 0.152 e. The van der Waals surface area contributed by atoms with Gasteiger partial charge in [-0.3, -0.25) is 0 Å². The van der Waals surface area contributed by atoms with Gasteiger partial charge < -0.3 is 10.8 Å². The number of alkyl halides is 1. The van der Waals surface area contributed by atoms with Crippen LogP contribution < -0.4 is 5.73 Å². The first-order valence-electron chi connectivity index (χ1n) is 4.66. The standard InChI is InChI=1S/C10H16ClN3O/c1-7(6-11)9(12)8-4-5-13-14(8)10(2,3)15/h4-5,15H,6,12H2,1-3H3/b9-7+. The van der Waals surface area contributed by atoms with Gasteiger partial charge in [0.1, 0.15) is 0 Å². The summed E-state index contributed by atoms with van der Waals surface area (Å²) in [6.07, 6.45) is 1.60. The van der Waals surface area contributed by atoms with Gasteiger partial charge >= 0.3 is 0 Å². The Balaban J connectivity index is 3.23. The average molecular weight is 230 g/mol. The summed E-state index contributed by atoms with van der Waals surface area (Å²) in [4.78, 5) is 0. The van der Waals surface area contributed by atoms with E-state index in [0.717, 1.165) is 5.57 Å². The van der Waals surface area contributed by atoms with Crippen LogP contribution in [0.15, 0.2) is 17.8 Å². The lowest BCUT2D eigenvalue weighted by Crippen LogP contribution is -2.29. The highest BCUT2D eigenvalue weighted by Crippen LogP contribution is 2.19. The van der Waals surface area contributed by atoms with Gasteiger partial charge in [-0.15, -0.1) is 11.6 Å². The number of hydrogen-bond donors (Lipinski definition) is 2. The predicted molar refractivity (Wildman–Crippen MR) is 61.3 cm³/mol. The lowest BCUT2D eigenvalue weighted by molar-refractivity contribution is -0.0112. The first-order valence-corrected chi connectivity index (χ1v) is 5.20. The molecule has 0 fully saturated rings. The summed E-state index contributed by atoms with van der Waals surface area (Å²) < 4.78 is 1.47. The molecule has 0 radical (unpaired) electrons. The van der Waals surface area contributed by atoms with Gasteiger partial charge in [0.05, 0.1) is 11.4 Å². The summed E-state index contributed by atoms with van der Waals surface area (Å²) in [6.45, 7) is 5.14. The molecule has 3 N–H and O–H groups in total. The summed E-state index contributed by atoms with van der Waals surface area (Å²) in [7, 11) is 0.